The number of aryl methyl sites for hydroxylation is 1. The molecule has 19 heavy (non-hydrogen) atoms. The van der Waals surface area contributed by atoms with E-state index in [-0.39, 0.29) is 5.91 Å². The van der Waals surface area contributed by atoms with Gasteiger partial charge in [0.05, 0.1) is 12.1 Å². The standard InChI is InChI=1S/C15H27N3O/c1-10(2)8-16-15(19)7-14-12(5)17-18(13(14)6)9-11(3)4/h10-11H,7-9H2,1-6H3,(H,16,19). The number of amides is 1. The molecule has 1 heterocycles. The van der Waals surface area contributed by atoms with E-state index in [2.05, 4.69) is 38.1 Å². The van der Waals surface area contributed by atoms with Gasteiger partial charge in [-0.25, -0.2) is 0 Å². The zero-order valence-corrected chi connectivity index (χ0v) is 13.1. The second-order valence-corrected chi connectivity index (χ2v) is 6.10. The van der Waals surface area contributed by atoms with Crippen LogP contribution in [0.5, 0.6) is 0 Å². The molecular formula is C15H27N3O. The summed E-state index contributed by atoms with van der Waals surface area (Å²) in [6.07, 6.45) is 0.433. The van der Waals surface area contributed by atoms with Crippen molar-refractivity contribution in [3.8, 4) is 0 Å². The van der Waals surface area contributed by atoms with Gasteiger partial charge >= 0.3 is 0 Å². The van der Waals surface area contributed by atoms with Crippen LogP contribution in [0.1, 0.15) is 44.6 Å². The predicted molar refractivity (Wildman–Crippen MR) is 78.1 cm³/mol. The molecule has 0 aromatic carbocycles. The summed E-state index contributed by atoms with van der Waals surface area (Å²) in [6, 6.07) is 0. The summed E-state index contributed by atoms with van der Waals surface area (Å²) in [5.41, 5.74) is 3.16. The molecule has 108 valence electrons. The lowest BCUT2D eigenvalue weighted by Gasteiger charge is -2.09. The molecule has 1 N–H and O–H groups in total. The largest absolute Gasteiger partial charge is 0.356 e. The Bertz CT molecular complexity index is 433. The van der Waals surface area contributed by atoms with Gasteiger partial charge in [0.1, 0.15) is 0 Å². The lowest BCUT2D eigenvalue weighted by Crippen LogP contribution is -2.29. The number of rotatable bonds is 6. The van der Waals surface area contributed by atoms with E-state index >= 15 is 0 Å². The molecule has 0 saturated carbocycles. The van der Waals surface area contributed by atoms with Gasteiger partial charge in [-0.1, -0.05) is 27.7 Å². The number of nitrogens with one attached hydrogen (secondary N) is 1. The summed E-state index contributed by atoms with van der Waals surface area (Å²) >= 11 is 0. The van der Waals surface area contributed by atoms with Gasteiger partial charge in [0.25, 0.3) is 0 Å². The summed E-state index contributed by atoms with van der Waals surface area (Å²) in [7, 11) is 0. The van der Waals surface area contributed by atoms with Crippen LogP contribution in [0.4, 0.5) is 0 Å². The molecule has 0 aliphatic carbocycles. The van der Waals surface area contributed by atoms with E-state index in [1.165, 1.54) is 0 Å². The maximum Gasteiger partial charge on any atom is 0.224 e. The van der Waals surface area contributed by atoms with Crippen LogP contribution in [0.2, 0.25) is 0 Å². The fourth-order valence-electron chi connectivity index (χ4n) is 2.05. The molecule has 1 rings (SSSR count). The van der Waals surface area contributed by atoms with Crippen LogP contribution in [0.15, 0.2) is 0 Å². The molecule has 1 aromatic heterocycles. The Balaban J connectivity index is 2.73. The summed E-state index contributed by atoms with van der Waals surface area (Å²) < 4.78 is 2.02. The van der Waals surface area contributed by atoms with Crippen LogP contribution < -0.4 is 5.32 Å². The third-order valence-corrected chi connectivity index (χ3v) is 3.11. The Hall–Kier alpha value is -1.32. The second-order valence-electron chi connectivity index (χ2n) is 6.10. The molecule has 0 atom stereocenters. The number of hydrogen-bond acceptors (Lipinski definition) is 2. The third-order valence-electron chi connectivity index (χ3n) is 3.11. The number of aromatic nitrogens is 2. The molecule has 0 unspecified atom stereocenters. The highest BCUT2D eigenvalue weighted by molar-refractivity contribution is 5.79. The molecule has 0 bridgehead atoms. The van der Waals surface area contributed by atoms with Crippen molar-refractivity contribution in [1.82, 2.24) is 15.1 Å². The van der Waals surface area contributed by atoms with Gasteiger partial charge in [0, 0.05) is 24.3 Å². The molecule has 0 radical (unpaired) electrons. The van der Waals surface area contributed by atoms with Gasteiger partial charge < -0.3 is 5.32 Å². The van der Waals surface area contributed by atoms with Crippen LogP contribution in [-0.4, -0.2) is 22.2 Å². The lowest BCUT2D eigenvalue weighted by molar-refractivity contribution is -0.120. The van der Waals surface area contributed by atoms with E-state index in [1.54, 1.807) is 0 Å². The molecule has 1 aromatic rings. The van der Waals surface area contributed by atoms with Crippen molar-refractivity contribution in [1.29, 1.82) is 0 Å². The minimum Gasteiger partial charge on any atom is -0.356 e. The fourth-order valence-corrected chi connectivity index (χ4v) is 2.05. The second kappa shape index (κ2) is 6.73. The lowest BCUT2D eigenvalue weighted by atomic mass is 10.1. The monoisotopic (exact) mass is 265 g/mol. The van der Waals surface area contributed by atoms with Crippen molar-refractivity contribution in [2.24, 2.45) is 11.8 Å². The van der Waals surface area contributed by atoms with E-state index in [0.717, 1.165) is 30.0 Å². The molecule has 4 heteroatoms. The first-order valence-electron chi connectivity index (χ1n) is 7.10. The van der Waals surface area contributed by atoms with Gasteiger partial charge in [0.15, 0.2) is 0 Å². The van der Waals surface area contributed by atoms with Crippen molar-refractivity contribution in [2.75, 3.05) is 6.54 Å². The van der Waals surface area contributed by atoms with Crippen molar-refractivity contribution < 1.29 is 4.79 Å². The number of carbonyl (C=O) groups is 1. The summed E-state index contributed by atoms with van der Waals surface area (Å²) in [5, 5.41) is 7.49. The van der Waals surface area contributed by atoms with Crippen LogP contribution in [0.3, 0.4) is 0 Å². The van der Waals surface area contributed by atoms with Crippen molar-refractivity contribution in [3.63, 3.8) is 0 Å². The molecule has 4 nitrogen and oxygen atoms in total. The maximum absolute atomic E-state index is 11.9. The number of hydrogen-bond donors (Lipinski definition) is 1. The minimum atomic E-state index is 0.0870. The highest BCUT2D eigenvalue weighted by Crippen LogP contribution is 2.15. The van der Waals surface area contributed by atoms with Gasteiger partial charge in [-0.05, 0) is 25.7 Å². The normalized spacial score (nSPS) is 11.4. The van der Waals surface area contributed by atoms with Crippen LogP contribution in [-0.2, 0) is 17.8 Å². The van der Waals surface area contributed by atoms with Gasteiger partial charge in [0.2, 0.25) is 5.91 Å². The molecule has 0 fully saturated rings. The quantitative estimate of drug-likeness (QED) is 0.859. The van der Waals surface area contributed by atoms with Crippen molar-refractivity contribution in [3.05, 3.63) is 17.0 Å². The van der Waals surface area contributed by atoms with E-state index < -0.39 is 0 Å². The van der Waals surface area contributed by atoms with E-state index in [9.17, 15) is 4.79 Å². The van der Waals surface area contributed by atoms with E-state index in [4.69, 9.17) is 0 Å². The highest BCUT2D eigenvalue weighted by Gasteiger charge is 2.15. The SMILES string of the molecule is Cc1nn(CC(C)C)c(C)c1CC(=O)NCC(C)C. The van der Waals surface area contributed by atoms with Gasteiger partial charge in [-0.2, -0.15) is 5.10 Å². The fraction of sp³-hybridized carbons (Fsp3) is 0.733. The Labute approximate surface area is 116 Å². The maximum atomic E-state index is 11.9. The number of carbonyl (C=O) groups excluding carboxylic acids is 1. The predicted octanol–water partition coefficient (Wildman–Crippen LogP) is 2.47. The summed E-state index contributed by atoms with van der Waals surface area (Å²) in [6.45, 7) is 14.2. The first-order chi connectivity index (χ1) is 8.81. The van der Waals surface area contributed by atoms with Crippen molar-refractivity contribution >= 4 is 5.91 Å². The third kappa shape index (κ3) is 4.69. The number of nitrogens with zero attached hydrogens (tertiary/aromatic N) is 2. The smallest absolute Gasteiger partial charge is 0.224 e. The van der Waals surface area contributed by atoms with E-state index in [0.29, 0.717) is 18.3 Å². The Morgan fingerprint density at radius 2 is 1.84 bits per heavy atom. The van der Waals surface area contributed by atoms with Crippen LogP contribution in [0.25, 0.3) is 0 Å². The first-order valence-corrected chi connectivity index (χ1v) is 7.10. The molecule has 1 amide bonds. The zero-order valence-electron chi connectivity index (χ0n) is 13.1. The van der Waals surface area contributed by atoms with Crippen LogP contribution >= 0.6 is 0 Å². The topological polar surface area (TPSA) is 46.9 Å². The highest BCUT2D eigenvalue weighted by atomic mass is 16.1. The average Bonchev–Trinajstić information content (AvgIpc) is 2.53. The van der Waals surface area contributed by atoms with Crippen molar-refractivity contribution in [2.45, 2.75) is 54.5 Å². The van der Waals surface area contributed by atoms with Gasteiger partial charge in [-0.15, -0.1) is 0 Å². The van der Waals surface area contributed by atoms with Gasteiger partial charge in [-0.3, -0.25) is 9.48 Å². The molecule has 0 aliphatic heterocycles. The Morgan fingerprint density at radius 1 is 1.21 bits per heavy atom. The minimum absolute atomic E-state index is 0.0870. The molecular weight excluding hydrogens is 238 g/mol. The molecule has 0 aliphatic rings. The Kier molecular flexibility index (Phi) is 5.58. The average molecular weight is 265 g/mol. The summed E-state index contributed by atoms with van der Waals surface area (Å²) in [4.78, 5) is 11.9. The van der Waals surface area contributed by atoms with E-state index in [1.807, 2.05) is 18.5 Å². The van der Waals surface area contributed by atoms with Crippen LogP contribution in [0, 0.1) is 25.7 Å². The first kappa shape index (κ1) is 15.7. The zero-order chi connectivity index (χ0) is 14.6. The molecule has 0 spiro atoms. The Morgan fingerprint density at radius 3 is 2.37 bits per heavy atom. The summed E-state index contributed by atoms with van der Waals surface area (Å²) in [5.74, 6) is 1.12. The molecule has 0 saturated heterocycles.